The molecule has 1 atom stereocenters. The highest BCUT2D eigenvalue weighted by atomic mass is 19.1. The molecule has 0 heterocycles. The second-order valence-corrected chi connectivity index (χ2v) is 5.54. The second-order valence-electron chi connectivity index (χ2n) is 5.54. The zero-order valence-corrected chi connectivity index (χ0v) is 11.8. The maximum absolute atomic E-state index is 13.9. The van der Waals surface area contributed by atoms with Crippen LogP contribution in [0.5, 0.6) is 0 Å². The molecule has 2 heteroatoms. The van der Waals surface area contributed by atoms with Crippen molar-refractivity contribution in [3.8, 4) is 0 Å². The van der Waals surface area contributed by atoms with Crippen molar-refractivity contribution >= 4 is 0 Å². The van der Waals surface area contributed by atoms with E-state index < -0.39 is 0 Å². The molecule has 0 spiro atoms. The minimum absolute atomic E-state index is 0.0911. The van der Waals surface area contributed by atoms with E-state index in [2.05, 4.69) is 29.6 Å². The molecule has 20 heavy (non-hydrogen) atoms. The van der Waals surface area contributed by atoms with Crippen LogP contribution in [-0.2, 0) is 0 Å². The van der Waals surface area contributed by atoms with Gasteiger partial charge in [0.1, 0.15) is 5.82 Å². The first-order chi connectivity index (χ1) is 9.79. The van der Waals surface area contributed by atoms with Gasteiger partial charge >= 0.3 is 0 Å². The minimum Gasteiger partial charge on any atom is -0.309 e. The van der Waals surface area contributed by atoms with Crippen LogP contribution in [0.25, 0.3) is 0 Å². The summed E-state index contributed by atoms with van der Waals surface area (Å²) in [7, 11) is 1.87. The van der Waals surface area contributed by atoms with Crippen molar-refractivity contribution < 1.29 is 4.39 Å². The molecule has 1 N–H and O–H groups in total. The first-order valence-corrected chi connectivity index (χ1v) is 7.31. The SMILES string of the molecule is CNC(c1ccc(C2CCC2)cc1)c1ccccc1F. The monoisotopic (exact) mass is 269 g/mol. The molecule has 0 aliphatic heterocycles. The molecule has 2 aromatic carbocycles. The summed E-state index contributed by atoms with van der Waals surface area (Å²) in [6, 6.07) is 15.5. The molecule has 0 saturated heterocycles. The number of hydrogen-bond acceptors (Lipinski definition) is 1. The van der Waals surface area contributed by atoms with Crippen molar-refractivity contribution in [3.63, 3.8) is 0 Å². The molecule has 1 aliphatic rings. The molecule has 0 radical (unpaired) electrons. The predicted molar refractivity (Wildman–Crippen MR) is 80.3 cm³/mol. The summed E-state index contributed by atoms with van der Waals surface area (Å²) in [4.78, 5) is 0. The average Bonchev–Trinajstić information content (AvgIpc) is 2.41. The van der Waals surface area contributed by atoms with Crippen molar-refractivity contribution in [1.82, 2.24) is 5.32 Å². The van der Waals surface area contributed by atoms with Gasteiger partial charge in [-0.15, -0.1) is 0 Å². The van der Waals surface area contributed by atoms with Gasteiger partial charge in [0.2, 0.25) is 0 Å². The van der Waals surface area contributed by atoms with Crippen molar-refractivity contribution in [3.05, 3.63) is 71.0 Å². The fourth-order valence-electron chi connectivity index (χ4n) is 2.91. The Hall–Kier alpha value is -1.67. The van der Waals surface area contributed by atoms with E-state index >= 15 is 0 Å². The minimum atomic E-state index is -0.157. The summed E-state index contributed by atoms with van der Waals surface area (Å²) >= 11 is 0. The molecule has 1 saturated carbocycles. The van der Waals surface area contributed by atoms with Gasteiger partial charge in [0.25, 0.3) is 0 Å². The first kappa shape index (κ1) is 13.3. The highest BCUT2D eigenvalue weighted by molar-refractivity contribution is 5.35. The van der Waals surface area contributed by atoms with Crippen LogP contribution in [0.3, 0.4) is 0 Å². The van der Waals surface area contributed by atoms with Gasteiger partial charge in [-0.05, 0) is 43.0 Å². The summed E-state index contributed by atoms with van der Waals surface area (Å²) in [6.07, 6.45) is 3.96. The van der Waals surface area contributed by atoms with Crippen molar-refractivity contribution in [2.24, 2.45) is 0 Å². The number of nitrogens with one attached hydrogen (secondary N) is 1. The van der Waals surface area contributed by atoms with E-state index in [1.807, 2.05) is 19.2 Å². The Morgan fingerprint density at radius 2 is 1.75 bits per heavy atom. The maximum atomic E-state index is 13.9. The summed E-state index contributed by atoms with van der Waals surface area (Å²) in [5.74, 6) is 0.584. The van der Waals surface area contributed by atoms with E-state index in [1.54, 1.807) is 6.07 Å². The predicted octanol–water partition coefficient (Wildman–Crippen LogP) is 4.40. The molecule has 0 aromatic heterocycles. The Morgan fingerprint density at radius 1 is 1.05 bits per heavy atom. The van der Waals surface area contributed by atoms with E-state index in [-0.39, 0.29) is 11.9 Å². The second kappa shape index (κ2) is 5.76. The molecule has 2 aromatic rings. The number of rotatable bonds is 4. The molecule has 104 valence electrons. The molecule has 1 unspecified atom stereocenters. The number of halogens is 1. The molecule has 1 nitrogen and oxygen atoms in total. The van der Waals surface area contributed by atoms with E-state index in [1.165, 1.54) is 30.9 Å². The fourth-order valence-corrected chi connectivity index (χ4v) is 2.91. The van der Waals surface area contributed by atoms with E-state index in [0.29, 0.717) is 5.56 Å². The van der Waals surface area contributed by atoms with Crippen molar-refractivity contribution in [1.29, 1.82) is 0 Å². The van der Waals surface area contributed by atoms with Crippen molar-refractivity contribution in [2.75, 3.05) is 7.05 Å². The lowest BCUT2D eigenvalue weighted by Crippen LogP contribution is -2.19. The summed E-state index contributed by atoms with van der Waals surface area (Å²) < 4.78 is 13.9. The molecule has 3 rings (SSSR count). The van der Waals surface area contributed by atoms with Gasteiger partial charge in [-0.2, -0.15) is 0 Å². The molecule has 1 fully saturated rings. The van der Waals surface area contributed by atoms with Crippen LogP contribution in [0.4, 0.5) is 4.39 Å². The standard InChI is InChI=1S/C18H20FN/c1-20-18(16-7-2-3-8-17(16)19)15-11-9-14(10-12-15)13-5-4-6-13/h2-3,7-13,18,20H,4-6H2,1H3. The highest BCUT2D eigenvalue weighted by Gasteiger charge is 2.20. The average molecular weight is 269 g/mol. The highest BCUT2D eigenvalue weighted by Crippen LogP contribution is 2.36. The Labute approximate surface area is 119 Å². The molecular formula is C18H20FN. The molecular weight excluding hydrogens is 249 g/mol. The summed E-state index contributed by atoms with van der Waals surface area (Å²) in [6.45, 7) is 0. The summed E-state index contributed by atoms with van der Waals surface area (Å²) in [5, 5.41) is 3.21. The van der Waals surface area contributed by atoms with Gasteiger partial charge in [0.15, 0.2) is 0 Å². The number of hydrogen-bond donors (Lipinski definition) is 1. The lowest BCUT2D eigenvalue weighted by atomic mass is 9.79. The van der Waals surface area contributed by atoms with E-state index in [0.717, 1.165) is 11.5 Å². The Kier molecular flexibility index (Phi) is 3.83. The van der Waals surface area contributed by atoms with Gasteiger partial charge in [0.05, 0.1) is 6.04 Å². The Balaban J connectivity index is 1.87. The van der Waals surface area contributed by atoms with Gasteiger partial charge in [0, 0.05) is 5.56 Å². The van der Waals surface area contributed by atoms with Crippen LogP contribution >= 0.6 is 0 Å². The maximum Gasteiger partial charge on any atom is 0.128 e. The van der Waals surface area contributed by atoms with Crippen LogP contribution in [0.15, 0.2) is 48.5 Å². The zero-order chi connectivity index (χ0) is 13.9. The zero-order valence-electron chi connectivity index (χ0n) is 11.8. The van der Waals surface area contributed by atoms with E-state index in [4.69, 9.17) is 0 Å². The van der Waals surface area contributed by atoms with Gasteiger partial charge in [-0.25, -0.2) is 4.39 Å². The van der Waals surface area contributed by atoms with Crippen molar-refractivity contribution in [2.45, 2.75) is 31.2 Å². The molecule has 1 aliphatic carbocycles. The third-order valence-electron chi connectivity index (χ3n) is 4.35. The van der Waals surface area contributed by atoms with E-state index in [9.17, 15) is 4.39 Å². The third-order valence-corrected chi connectivity index (χ3v) is 4.35. The Bertz CT molecular complexity index is 572. The molecule has 0 amide bonds. The summed E-state index contributed by atoms with van der Waals surface area (Å²) in [5.41, 5.74) is 3.23. The number of benzene rings is 2. The smallest absolute Gasteiger partial charge is 0.128 e. The van der Waals surface area contributed by atoms with Crippen LogP contribution < -0.4 is 5.32 Å². The third kappa shape index (κ3) is 2.48. The molecule has 0 bridgehead atoms. The normalized spacial score (nSPS) is 16.7. The van der Waals surface area contributed by atoms with Crippen LogP contribution in [0.2, 0.25) is 0 Å². The van der Waals surface area contributed by atoms with Gasteiger partial charge in [-0.3, -0.25) is 0 Å². The van der Waals surface area contributed by atoms with Crippen LogP contribution in [0.1, 0.15) is 47.9 Å². The lowest BCUT2D eigenvalue weighted by Gasteiger charge is -2.26. The van der Waals surface area contributed by atoms with Crippen LogP contribution in [0, 0.1) is 5.82 Å². The largest absolute Gasteiger partial charge is 0.309 e. The Morgan fingerprint density at radius 3 is 2.30 bits per heavy atom. The first-order valence-electron chi connectivity index (χ1n) is 7.31. The fraction of sp³-hybridized carbons (Fsp3) is 0.333. The van der Waals surface area contributed by atoms with Crippen LogP contribution in [-0.4, -0.2) is 7.05 Å². The van der Waals surface area contributed by atoms with Gasteiger partial charge in [-0.1, -0.05) is 48.9 Å². The quantitative estimate of drug-likeness (QED) is 0.867. The lowest BCUT2D eigenvalue weighted by molar-refractivity contribution is 0.419. The topological polar surface area (TPSA) is 12.0 Å². The van der Waals surface area contributed by atoms with Gasteiger partial charge < -0.3 is 5.32 Å².